The van der Waals surface area contributed by atoms with Gasteiger partial charge in [0.05, 0.1) is 11.3 Å². The maximum absolute atomic E-state index is 12.2. The Balaban J connectivity index is 2.19. The lowest BCUT2D eigenvalue weighted by Gasteiger charge is -2.18. The number of hydrogen-bond donors (Lipinski definition) is 2. The summed E-state index contributed by atoms with van der Waals surface area (Å²) >= 11 is 5.94. The molecule has 1 atom stereocenters. The van der Waals surface area contributed by atoms with Crippen LogP contribution in [0.2, 0.25) is 5.02 Å². The first-order valence-electron chi connectivity index (χ1n) is 6.59. The third kappa shape index (κ3) is 3.39. The van der Waals surface area contributed by atoms with Gasteiger partial charge >= 0.3 is 0 Å². The second-order valence-electron chi connectivity index (χ2n) is 4.74. The van der Waals surface area contributed by atoms with Crippen LogP contribution in [0.15, 0.2) is 30.4 Å². The van der Waals surface area contributed by atoms with Crippen molar-refractivity contribution in [2.45, 2.75) is 19.3 Å². The summed E-state index contributed by atoms with van der Waals surface area (Å²) in [6, 6.07) is 4.84. The predicted octanol–water partition coefficient (Wildman–Crippen LogP) is 2.99. The van der Waals surface area contributed by atoms with E-state index in [-0.39, 0.29) is 17.7 Å². The molecule has 0 aliphatic heterocycles. The fourth-order valence-electron chi connectivity index (χ4n) is 2.22. The Hall–Kier alpha value is -1.81. The zero-order valence-corrected chi connectivity index (χ0v) is 12.0. The van der Waals surface area contributed by atoms with Gasteiger partial charge in [0, 0.05) is 18.0 Å². The number of carbonyl (C=O) groups is 2. The average Bonchev–Trinajstić information content (AvgIpc) is 2.47. The lowest BCUT2D eigenvalue weighted by atomic mass is 9.93. The number of nitrogens with one attached hydrogen (secondary N) is 2. The number of amides is 2. The van der Waals surface area contributed by atoms with Gasteiger partial charge in [-0.1, -0.05) is 23.8 Å². The van der Waals surface area contributed by atoms with Gasteiger partial charge in [-0.25, -0.2) is 0 Å². The van der Waals surface area contributed by atoms with Gasteiger partial charge in [-0.2, -0.15) is 0 Å². The van der Waals surface area contributed by atoms with Crippen LogP contribution in [0.1, 0.15) is 29.6 Å². The quantitative estimate of drug-likeness (QED) is 0.842. The predicted molar refractivity (Wildman–Crippen MR) is 80.0 cm³/mol. The average molecular weight is 293 g/mol. The molecule has 0 radical (unpaired) electrons. The van der Waals surface area contributed by atoms with Crippen molar-refractivity contribution in [3.63, 3.8) is 0 Å². The van der Waals surface area contributed by atoms with Crippen molar-refractivity contribution in [3.8, 4) is 0 Å². The Bertz CT molecular complexity index is 555. The Labute approximate surface area is 123 Å². The minimum atomic E-state index is -0.250. The molecule has 0 aromatic heterocycles. The van der Waals surface area contributed by atoms with Gasteiger partial charge < -0.3 is 10.6 Å². The Kier molecular flexibility index (Phi) is 4.79. The first-order chi connectivity index (χ1) is 9.61. The van der Waals surface area contributed by atoms with Crippen LogP contribution >= 0.6 is 11.6 Å². The highest BCUT2D eigenvalue weighted by atomic mass is 35.5. The van der Waals surface area contributed by atoms with Gasteiger partial charge in [0.25, 0.3) is 5.91 Å². The largest absolute Gasteiger partial charge is 0.355 e. The summed E-state index contributed by atoms with van der Waals surface area (Å²) in [5.41, 5.74) is 0.869. The molecule has 0 spiro atoms. The summed E-state index contributed by atoms with van der Waals surface area (Å²) in [6.45, 7) is 0. The van der Waals surface area contributed by atoms with Gasteiger partial charge in [0.2, 0.25) is 5.91 Å². The minimum Gasteiger partial charge on any atom is -0.355 e. The van der Waals surface area contributed by atoms with E-state index < -0.39 is 0 Å². The van der Waals surface area contributed by atoms with E-state index in [1.54, 1.807) is 25.2 Å². The monoisotopic (exact) mass is 292 g/mol. The molecule has 106 valence electrons. The van der Waals surface area contributed by atoms with E-state index in [1.807, 2.05) is 6.08 Å². The van der Waals surface area contributed by atoms with Crippen LogP contribution in [0.25, 0.3) is 0 Å². The van der Waals surface area contributed by atoms with Crippen LogP contribution in [0.5, 0.6) is 0 Å². The number of hydrogen-bond acceptors (Lipinski definition) is 2. The normalized spacial score (nSPS) is 17.6. The lowest BCUT2D eigenvalue weighted by Crippen LogP contribution is -2.26. The first kappa shape index (κ1) is 14.6. The molecule has 2 rings (SSSR count). The van der Waals surface area contributed by atoms with E-state index in [4.69, 9.17) is 11.6 Å². The molecule has 1 aliphatic carbocycles. The molecule has 2 amide bonds. The molecule has 2 N–H and O–H groups in total. The number of rotatable bonds is 3. The molecular formula is C15H17ClN2O2. The van der Waals surface area contributed by atoms with E-state index in [2.05, 4.69) is 16.7 Å². The van der Waals surface area contributed by atoms with Crippen LogP contribution in [0.3, 0.4) is 0 Å². The summed E-state index contributed by atoms with van der Waals surface area (Å²) in [7, 11) is 1.55. The smallest absolute Gasteiger partial charge is 0.253 e. The van der Waals surface area contributed by atoms with E-state index in [9.17, 15) is 9.59 Å². The van der Waals surface area contributed by atoms with Crippen molar-refractivity contribution in [1.29, 1.82) is 0 Å². The SMILES string of the molecule is CNC(=O)c1ccc(Cl)cc1NC(=O)[C@H]1CC=CCC1. The van der Waals surface area contributed by atoms with E-state index in [0.717, 1.165) is 19.3 Å². The Morgan fingerprint density at radius 2 is 2.10 bits per heavy atom. The lowest BCUT2D eigenvalue weighted by molar-refractivity contribution is -0.120. The van der Waals surface area contributed by atoms with Crippen molar-refractivity contribution in [1.82, 2.24) is 5.32 Å². The summed E-state index contributed by atoms with van der Waals surface area (Å²) in [5, 5.41) is 5.85. The molecule has 0 bridgehead atoms. The van der Waals surface area contributed by atoms with Crippen LogP contribution in [0.4, 0.5) is 5.69 Å². The van der Waals surface area contributed by atoms with Gasteiger partial charge in [-0.3, -0.25) is 9.59 Å². The summed E-state index contributed by atoms with van der Waals surface area (Å²) in [5.74, 6) is -0.362. The van der Waals surface area contributed by atoms with Gasteiger partial charge in [-0.15, -0.1) is 0 Å². The molecule has 0 heterocycles. The molecule has 0 saturated heterocycles. The number of allylic oxidation sites excluding steroid dienone is 2. The molecule has 1 aromatic carbocycles. The Morgan fingerprint density at radius 3 is 2.75 bits per heavy atom. The van der Waals surface area contributed by atoms with Crippen molar-refractivity contribution in [3.05, 3.63) is 40.9 Å². The van der Waals surface area contributed by atoms with Gasteiger partial charge in [0.1, 0.15) is 0 Å². The topological polar surface area (TPSA) is 58.2 Å². The van der Waals surface area contributed by atoms with Gasteiger partial charge in [-0.05, 0) is 37.5 Å². The molecule has 0 unspecified atom stereocenters. The van der Waals surface area contributed by atoms with Crippen LogP contribution in [-0.2, 0) is 4.79 Å². The number of anilines is 1. The molecule has 1 aromatic rings. The molecule has 20 heavy (non-hydrogen) atoms. The standard InChI is InChI=1S/C15H17ClN2O2/c1-17-15(20)12-8-7-11(16)9-13(12)18-14(19)10-5-3-2-4-6-10/h2-3,7-10H,4-6H2,1H3,(H,17,20)(H,18,19)/t10-/m0/s1. The Morgan fingerprint density at radius 1 is 1.30 bits per heavy atom. The van der Waals surface area contributed by atoms with E-state index in [1.165, 1.54) is 0 Å². The van der Waals surface area contributed by atoms with Crippen LogP contribution in [0, 0.1) is 5.92 Å². The summed E-state index contributed by atoms with van der Waals surface area (Å²) in [6.07, 6.45) is 6.58. The molecule has 1 aliphatic rings. The second kappa shape index (κ2) is 6.57. The van der Waals surface area contributed by atoms with Gasteiger partial charge in [0.15, 0.2) is 0 Å². The second-order valence-corrected chi connectivity index (χ2v) is 5.18. The highest BCUT2D eigenvalue weighted by molar-refractivity contribution is 6.31. The third-order valence-electron chi connectivity index (χ3n) is 3.35. The highest BCUT2D eigenvalue weighted by Crippen LogP contribution is 2.24. The zero-order valence-electron chi connectivity index (χ0n) is 11.3. The molecule has 5 heteroatoms. The number of benzene rings is 1. The fourth-order valence-corrected chi connectivity index (χ4v) is 2.39. The third-order valence-corrected chi connectivity index (χ3v) is 3.59. The molecule has 0 fully saturated rings. The fraction of sp³-hybridized carbons (Fsp3) is 0.333. The molecule has 0 saturated carbocycles. The maximum Gasteiger partial charge on any atom is 0.253 e. The van der Waals surface area contributed by atoms with E-state index in [0.29, 0.717) is 16.3 Å². The van der Waals surface area contributed by atoms with Crippen molar-refractivity contribution >= 4 is 29.1 Å². The number of halogens is 1. The van der Waals surface area contributed by atoms with Crippen LogP contribution < -0.4 is 10.6 Å². The summed E-state index contributed by atoms with van der Waals surface area (Å²) < 4.78 is 0. The minimum absolute atomic E-state index is 0.0449. The zero-order chi connectivity index (χ0) is 14.5. The van der Waals surface area contributed by atoms with E-state index >= 15 is 0 Å². The molecule has 4 nitrogen and oxygen atoms in total. The van der Waals surface area contributed by atoms with Crippen molar-refractivity contribution in [2.24, 2.45) is 5.92 Å². The first-order valence-corrected chi connectivity index (χ1v) is 6.97. The summed E-state index contributed by atoms with van der Waals surface area (Å²) in [4.78, 5) is 24.0. The highest BCUT2D eigenvalue weighted by Gasteiger charge is 2.20. The number of carbonyl (C=O) groups excluding carboxylic acids is 2. The van der Waals surface area contributed by atoms with Crippen molar-refractivity contribution < 1.29 is 9.59 Å². The maximum atomic E-state index is 12.2. The van der Waals surface area contributed by atoms with Crippen molar-refractivity contribution in [2.75, 3.05) is 12.4 Å². The molecular weight excluding hydrogens is 276 g/mol. The van der Waals surface area contributed by atoms with Crippen LogP contribution in [-0.4, -0.2) is 18.9 Å².